The summed E-state index contributed by atoms with van der Waals surface area (Å²) in [5.41, 5.74) is 1.59. The molecular formula is C21H29NO6. The van der Waals surface area contributed by atoms with Gasteiger partial charge in [0.2, 0.25) is 11.8 Å². The van der Waals surface area contributed by atoms with E-state index < -0.39 is 0 Å². The minimum atomic E-state index is -0.141. The second kappa shape index (κ2) is 13.4. The average Bonchev–Trinajstić information content (AvgIpc) is 2.64. The number of benzene rings is 1. The maximum atomic E-state index is 11.8. The van der Waals surface area contributed by atoms with Crippen molar-refractivity contribution in [2.75, 3.05) is 6.61 Å². The molecule has 28 heavy (non-hydrogen) atoms. The molecule has 1 N–H and O–H groups in total. The van der Waals surface area contributed by atoms with Crippen LogP contribution in [0.1, 0.15) is 56.5 Å². The monoisotopic (exact) mass is 391 g/mol. The number of aldehydes is 2. The summed E-state index contributed by atoms with van der Waals surface area (Å²) >= 11 is 0. The fourth-order valence-corrected chi connectivity index (χ4v) is 2.25. The van der Waals surface area contributed by atoms with E-state index in [0.717, 1.165) is 11.8 Å². The smallest absolute Gasteiger partial charge is 0.229 e. The molecule has 1 aliphatic rings. The largest absolute Gasteiger partial charge is 0.486 e. The molecule has 1 heterocycles. The highest BCUT2D eigenvalue weighted by molar-refractivity contribution is 5.99. The molecule has 0 aromatic heterocycles. The third-order valence-electron chi connectivity index (χ3n) is 3.82. The van der Waals surface area contributed by atoms with Gasteiger partial charge in [-0.1, -0.05) is 20.8 Å². The number of ketones is 1. The van der Waals surface area contributed by atoms with Crippen molar-refractivity contribution >= 4 is 30.2 Å². The van der Waals surface area contributed by atoms with E-state index in [4.69, 9.17) is 9.53 Å². The molecule has 7 heteroatoms. The molecule has 1 unspecified atom stereocenters. The Morgan fingerprint density at radius 2 is 1.89 bits per heavy atom. The number of piperidine rings is 1. The van der Waals surface area contributed by atoms with Gasteiger partial charge in [0.1, 0.15) is 18.6 Å². The molecule has 0 saturated carbocycles. The third kappa shape index (κ3) is 9.21. The Hall–Kier alpha value is -2.83. The SMILES string of the molecule is CC1CCC(=O)NC1=O.CC=O.Cc1cc(OCC=O)ccc1C(=O)C(C)C. The maximum Gasteiger partial charge on any atom is 0.229 e. The van der Waals surface area contributed by atoms with Gasteiger partial charge in [0.15, 0.2) is 12.1 Å². The lowest BCUT2D eigenvalue weighted by molar-refractivity contribution is -0.135. The molecule has 1 aliphatic heterocycles. The molecule has 154 valence electrons. The van der Waals surface area contributed by atoms with Crippen molar-refractivity contribution in [2.24, 2.45) is 11.8 Å². The van der Waals surface area contributed by atoms with Crippen LogP contribution in [0.15, 0.2) is 18.2 Å². The van der Waals surface area contributed by atoms with Gasteiger partial charge in [0.05, 0.1) is 0 Å². The molecule has 1 aromatic rings. The summed E-state index contributed by atoms with van der Waals surface area (Å²) in [4.78, 5) is 51.9. The van der Waals surface area contributed by atoms with Crippen molar-refractivity contribution in [1.82, 2.24) is 5.32 Å². The Morgan fingerprint density at radius 1 is 1.29 bits per heavy atom. The van der Waals surface area contributed by atoms with Crippen molar-refractivity contribution in [3.05, 3.63) is 29.3 Å². The minimum Gasteiger partial charge on any atom is -0.486 e. The second-order valence-electron chi connectivity index (χ2n) is 6.56. The number of carbonyl (C=O) groups is 5. The number of amides is 2. The Kier molecular flexibility index (Phi) is 12.0. The van der Waals surface area contributed by atoms with Gasteiger partial charge >= 0.3 is 0 Å². The number of ether oxygens (including phenoxy) is 1. The van der Waals surface area contributed by atoms with Crippen LogP contribution in [0, 0.1) is 18.8 Å². The van der Waals surface area contributed by atoms with E-state index in [-0.39, 0.29) is 36.0 Å². The molecule has 2 rings (SSSR count). The molecule has 0 aliphatic carbocycles. The number of aryl methyl sites for hydroxylation is 1. The van der Waals surface area contributed by atoms with Crippen molar-refractivity contribution < 1.29 is 28.7 Å². The van der Waals surface area contributed by atoms with Crippen LogP contribution in [-0.2, 0) is 19.2 Å². The van der Waals surface area contributed by atoms with E-state index in [2.05, 4.69) is 5.32 Å². The van der Waals surface area contributed by atoms with Crippen LogP contribution in [0.25, 0.3) is 0 Å². The second-order valence-corrected chi connectivity index (χ2v) is 6.56. The van der Waals surface area contributed by atoms with Crippen LogP contribution >= 0.6 is 0 Å². The van der Waals surface area contributed by atoms with Crippen LogP contribution in [0.5, 0.6) is 5.75 Å². The van der Waals surface area contributed by atoms with E-state index in [1.807, 2.05) is 27.7 Å². The van der Waals surface area contributed by atoms with Gasteiger partial charge in [-0.3, -0.25) is 24.5 Å². The minimum absolute atomic E-state index is 0.0135. The van der Waals surface area contributed by atoms with Gasteiger partial charge in [-0.15, -0.1) is 0 Å². The number of nitrogens with one attached hydrogen (secondary N) is 1. The van der Waals surface area contributed by atoms with E-state index in [9.17, 15) is 19.2 Å². The first-order chi connectivity index (χ1) is 13.2. The lowest BCUT2D eigenvalue weighted by Crippen LogP contribution is -2.39. The predicted octanol–water partition coefficient (Wildman–Crippen LogP) is 2.68. The molecule has 2 amide bonds. The van der Waals surface area contributed by atoms with Crippen molar-refractivity contribution in [3.8, 4) is 5.75 Å². The summed E-state index contributed by atoms with van der Waals surface area (Å²) in [6.45, 7) is 8.92. The Labute approximate surface area is 165 Å². The van der Waals surface area contributed by atoms with Crippen molar-refractivity contribution in [1.29, 1.82) is 0 Å². The quantitative estimate of drug-likeness (QED) is 0.470. The topological polar surface area (TPSA) is 107 Å². The molecule has 0 bridgehead atoms. The molecule has 1 aromatic carbocycles. The number of imide groups is 1. The summed E-state index contributed by atoms with van der Waals surface area (Å²) in [5.74, 6) is 0.469. The fourth-order valence-electron chi connectivity index (χ4n) is 2.25. The predicted molar refractivity (Wildman–Crippen MR) is 105 cm³/mol. The van der Waals surface area contributed by atoms with Crippen LogP contribution in [0.2, 0.25) is 0 Å². The Balaban J connectivity index is 0.000000509. The van der Waals surface area contributed by atoms with Gasteiger partial charge in [-0.05, 0) is 44.0 Å². The number of carbonyl (C=O) groups excluding carboxylic acids is 5. The van der Waals surface area contributed by atoms with Gasteiger partial charge < -0.3 is 9.53 Å². The van der Waals surface area contributed by atoms with Crippen LogP contribution in [-0.4, -0.2) is 36.8 Å². The zero-order valence-corrected chi connectivity index (χ0v) is 17.1. The van der Waals surface area contributed by atoms with Gasteiger partial charge in [-0.2, -0.15) is 0 Å². The molecular weight excluding hydrogens is 362 g/mol. The van der Waals surface area contributed by atoms with E-state index in [0.29, 0.717) is 30.4 Å². The third-order valence-corrected chi connectivity index (χ3v) is 3.82. The van der Waals surface area contributed by atoms with Crippen molar-refractivity contribution in [2.45, 2.75) is 47.5 Å². The molecule has 0 radical (unpaired) electrons. The average molecular weight is 391 g/mol. The van der Waals surface area contributed by atoms with Gasteiger partial charge in [-0.25, -0.2) is 0 Å². The summed E-state index contributed by atoms with van der Waals surface area (Å²) in [7, 11) is 0. The van der Waals surface area contributed by atoms with E-state index in [1.54, 1.807) is 18.2 Å². The molecule has 1 fully saturated rings. The Morgan fingerprint density at radius 3 is 2.32 bits per heavy atom. The molecule has 1 saturated heterocycles. The highest BCUT2D eigenvalue weighted by Gasteiger charge is 2.21. The number of hydrogen-bond donors (Lipinski definition) is 1. The lowest BCUT2D eigenvalue weighted by Gasteiger charge is -2.15. The Bertz CT molecular complexity index is 696. The van der Waals surface area contributed by atoms with Gasteiger partial charge in [0.25, 0.3) is 0 Å². The van der Waals surface area contributed by atoms with Crippen LogP contribution < -0.4 is 10.1 Å². The number of hydrogen-bond acceptors (Lipinski definition) is 6. The first-order valence-electron chi connectivity index (χ1n) is 9.12. The molecule has 0 spiro atoms. The summed E-state index contributed by atoms with van der Waals surface area (Å²) in [6, 6.07) is 5.24. The maximum absolute atomic E-state index is 11.8. The molecule has 7 nitrogen and oxygen atoms in total. The summed E-state index contributed by atoms with van der Waals surface area (Å²) in [6.07, 6.45) is 2.64. The standard InChI is InChI=1S/C13H16O3.C6H9NO2.C2H4O/c1-9(2)13(15)12-5-4-11(8-10(12)3)16-7-6-14;1-4-2-3-5(8)7-6(4)9;1-2-3/h4-6,8-9H,7H2,1-3H3;4H,2-3H2,1H3,(H,7,8,9);2H,1H3. The molecule has 1 atom stereocenters. The highest BCUT2D eigenvalue weighted by Crippen LogP contribution is 2.19. The highest BCUT2D eigenvalue weighted by atomic mass is 16.5. The fraction of sp³-hybridized carbons (Fsp3) is 0.476. The van der Waals surface area contributed by atoms with Gasteiger partial charge in [0, 0.05) is 23.8 Å². The first-order valence-corrected chi connectivity index (χ1v) is 9.12. The number of rotatable bonds is 5. The van der Waals surface area contributed by atoms with E-state index in [1.165, 1.54) is 6.92 Å². The zero-order valence-electron chi connectivity index (χ0n) is 17.1. The lowest BCUT2D eigenvalue weighted by atomic mass is 9.97. The van der Waals surface area contributed by atoms with Crippen LogP contribution in [0.4, 0.5) is 0 Å². The summed E-state index contributed by atoms with van der Waals surface area (Å²) in [5, 5.41) is 2.25. The van der Waals surface area contributed by atoms with E-state index >= 15 is 0 Å². The normalized spacial score (nSPS) is 15.3. The van der Waals surface area contributed by atoms with Crippen LogP contribution in [0.3, 0.4) is 0 Å². The number of Topliss-reactive ketones (excluding diaryl/α,β-unsaturated/α-hetero) is 1. The van der Waals surface area contributed by atoms with Crippen molar-refractivity contribution in [3.63, 3.8) is 0 Å². The first kappa shape index (κ1) is 25.2. The summed E-state index contributed by atoms with van der Waals surface area (Å²) < 4.78 is 5.15. The zero-order chi connectivity index (χ0) is 21.7.